The molecular weight excluding hydrogens is 352 g/mol. The predicted octanol–water partition coefficient (Wildman–Crippen LogP) is 5.32. The molecule has 1 fully saturated rings. The van der Waals surface area contributed by atoms with Crippen LogP contribution in [0.2, 0.25) is 10.0 Å². The molecule has 23 heavy (non-hydrogen) atoms. The summed E-state index contributed by atoms with van der Waals surface area (Å²) in [6, 6.07) is 5.56. The Morgan fingerprint density at radius 3 is 2.61 bits per heavy atom. The van der Waals surface area contributed by atoms with Crippen molar-refractivity contribution in [3.05, 3.63) is 33.8 Å². The van der Waals surface area contributed by atoms with Crippen molar-refractivity contribution in [2.75, 3.05) is 18.9 Å². The molecule has 0 aromatic heterocycles. The molecule has 0 saturated heterocycles. The lowest BCUT2D eigenvalue weighted by Gasteiger charge is -2.24. The molecule has 3 nitrogen and oxygen atoms in total. The summed E-state index contributed by atoms with van der Waals surface area (Å²) in [6.07, 6.45) is 7.62. The highest BCUT2D eigenvalue weighted by Gasteiger charge is 2.24. The van der Waals surface area contributed by atoms with Gasteiger partial charge in [-0.15, -0.1) is 0 Å². The maximum absolute atomic E-state index is 12.3. The molecule has 2 rings (SSSR count). The van der Waals surface area contributed by atoms with E-state index >= 15 is 0 Å². The molecule has 1 aliphatic carbocycles. The molecule has 0 heterocycles. The van der Waals surface area contributed by atoms with Gasteiger partial charge in [-0.3, -0.25) is 4.57 Å². The summed E-state index contributed by atoms with van der Waals surface area (Å²) < 4.78 is 12.3. The van der Waals surface area contributed by atoms with Crippen LogP contribution >= 0.6 is 30.6 Å². The van der Waals surface area contributed by atoms with Crippen molar-refractivity contribution in [2.24, 2.45) is 5.92 Å². The lowest BCUT2D eigenvalue weighted by Crippen LogP contribution is -2.17. The second-order valence-electron chi connectivity index (χ2n) is 6.54. The van der Waals surface area contributed by atoms with Gasteiger partial charge in [0.1, 0.15) is 0 Å². The van der Waals surface area contributed by atoms with Crippen LogP contribution < -0.4 is 5.32 Å². The third kappa shape index (κ3) is 7.15. The largest absolute Gasteiger partial charge is 0.344 e. The average molecular weight is 378 g/mol. The normalized spacial score (nSPS) is 18.7. The van der Waals surface area contributed by atoms with Crippen LogP contribution in [-0.2, 0) is 11.1 Å². The van der Waals surface area contributed by atoms with Gasteiger partial charge < -0.3 is 10.2 Å². The van der Waals surface area contributed by atoms with Gasteiger partial charge in [-0.2, -0.15) is 0 Å². The monoisotopic (exact) mass is 377 g/mol. The highest BCUT2D eigenvalue weighted by Crippen LogP contribution is 2.45. The summed E-state index contributed by atoms with van der Waals surface area (Å²) in [6.45, 7) is 1.42. The van der Waals surface area contributed by atoms with Crippen LogP contribution in [0.25, 0.3) is 0 Å². The Morgan fingerprint density at radius 1 is 1.17 bits per heavy atom. The SMILES string of the molecule is O=P(O)(CCCNCc1ccc(Cl)c(Cl)c1)CC1CCCCC1. The Bertz CT molecular complexity index is 547. The second kappa shape index (κ2) is 9.44. The molecule has 1 aromatic rings. The third-order valence-corrected chi connectivity index (χ3v) is 7.28. The first-order valence-corrected chi connectivity index (χ1v) is 11.2. The zero-order valence-corrected chi connectivity index (χ0v) is 15.8. The Morgan fingerprint density at radius 2 is 1.91 bits per heavy atom. The van der Waals surface area contributed by atoms with E-state index in [-0.39, 0.29) is 0 Å². The van der Waals surface area contributed by atoms with Crippen LogP contribution in [-0.4, -0.2) is 23.8 Å². The van der Waals surface area contributed by atoms with E-state index in [1.165, 1.54) is 19.3 Å². The van der Waals surface area contributed by atoms with E-state index in [1.54, 1.807) is 6.07 Å². The number of halogens is 2. The van der Waals surface area contributed by atoms with Crippen LogP contribution in [0.15, 0.2) is 18.2 Å². The van der Waals surface area contributed by atoms with Gasteiger partial charge in [0.25, 0.3) is 0 Å². The molecule has 0 spiro atoms. The first-order chi connectivity index (χ1) is 11.0. The maximum Gasteiger partial charge on any atom is 0.200 e. The van der Waals surface area contributed by atoms with Crippen molar-refractivity contribution < 1.29 is 9.46 Å². The van der Waals surface area contributed by atoms with Crippen molar-refractivity contribution >= 4 is 30.6 Å². The van der Waals surface area contributed by atoms with Crippen molar-refractivity contribution in [3.63, 3.8) is 0 Å². The summed E-state index contributed by atoms with van der Waals surface area (Å²) in [5, 5.41) is 4.40. The minimum atomic E-state index is -2.97. The molecule has 1 aliphatic rings. The summed E-state index contributed by atoms with van der Waals surface area (Å²) in [7, 11) is -2.97. The smallest absolute Gasteiger partial charge is 0.200 e. The van der Waals surface area contributed by atoms with Gasteiger partial charge in [0, 0.05) is 18.9 Å². The fourth-order valence-corrected chi connectivity index (χ4v) is 5.53. The van der Waals surface area contributed by atoms with Gasteiger partial charge in [-0.25, -0.2) is 0 Å². The van der Waals surface area contributed by atoms with Crippen molar-refractivity contribution in [2.45, 2.75) is 45.1 Å². The van der Waals surface area contributed by atoms with Crippen LogP contribution in [0.5, 0.6) is 0 Å². The van der Waals surface area contributed by atoms with Crippen molar-refractivity contribution in [1.82, 2.24) is 5.32 Å². The van der Waals surface area contributed by atoms with E-state index in [4.69, 9.17) is 23.2 Å². The molecule has 1 atom stereocenters. The summed E-state index contributed by atoms with van der Waals surface area (Å²) in [5.74, 6) is 0.462. The van der Waals surface area contributed by atoms with E-state index in [9.17, 15) is 9.46 Å². The third-order valence-electron chi connectivity index (χ3n) is 4.44. The number of rotatable bonds is 8. The summed E-state index contributed by atoms with van der Waals surface area (Å²) in [5.41, 5.74) is 1.06. The van der Waals surface area contributed by atoms with E-state index in [0.29, 0.717) is 34.8 Å². The minimum Gasteiger partial charge on any atom is -0.344 e. The lowest BCUT2D eigenvalue weighted by molar-refractivity contribution is 0.372. The van der Waals surface area contributed by atoms with Crippen molar-refractivity contribution in [1.29, 1.82) is 0 Å². The standard InChI is InChI=1S/C17H26Cl2NO2P/c18-16-8-7-15(11-17(16)19)12-20-9-4-10-23(21,22)13-14-5-2-1-3-6-14/h7-8,11,14,20H,1-6,9-10,12-13H2,(H,21,22). The number of benzene rings is 1. The Balaban J connectivity index is 1.63. The van der Waals surface area contributed by atoms with Gasteiger partial charge in [-0.1, -0.05) is 48.5 Å². The predicted molar refractivity (Wildman–Crippen MR) is 98.9 cm³/mol. The summed E-state index contributed by atoms with van der Waals surface area (Å²) >= 11 is 11.9. The van der Waals surface area contributed by atoms with Crippen molar-refractivity contribution in [3.8, 4) is 0 Å². The zero-order chi connectivity index (χ0) is 16.7. The Labute approximate surface area is 149 Å². The Kier molecular flexibility index (Phi) is 7.91. The van der Waals surface area contributed by atoms with Crippen LogP contribution in [0, 0.1) is 5.92 Å². The molecule has 2 N–H and O–H groups in total. The van der Waals surface area contributed by atoms with Crippen LogP contribution in [0.3, 0.4) is 0 Å². The first-order valence-electron chi connectivity index (χ1n) is 8.42. The Hall–Kier alpha value is -0.0500. The van der Waals surface area contributed by atoms with Crippen LogP contribution in [0.4, 0.5) is 0 Å². The van der Waals surface area contributed by atoms with Gasteiger partial charge in [0.15, 0.2) is 0 Å². The molecule has 130 valence electrons. The second-order valence-corrected chi connectivity index (χ2v) is 9.85. The fourth-order valence-electron chi connectivity index (χ4n) is 3.20. The number of hydrogen-bond acceptors (Lipinski definition) is 2. The van der Waals surface area contributed by atoms with E-state index in [0.717, 1.165) is 31.4 Å². The van der Waals surface area contributed by atoms with Gasteiger partial charge in [-0.05, 0) is 49.4 Å². The number of nitrogens with one attached hydrogen (secondary N) is 1. The molecule has 0 bridgehead atoms. The molecule has 1 saturated carbocycles. The first kappa shape index (κ1) is 19.3. The molecular formula is C17H26Cl2NO2P. The van der Waals surface area contributed by atoms with Gasteiger partial charge >= 0.3 is 0 Å². The van der Waals surface area contributed by atoms with E-state index in [1.807, 2.05) is 12.1 Å². The summed E-state index contributed by atoms with van der Waals surface area (Å²) in [4.78, 5) is 10.1. The highest BCUT2D eigenvalue weighted by atomic mass is 35.5. The highest BCUT2D eigenvalue weighted by molar-refractivity contribution is 7.57. The van der Waals surface area contributed by atoms with E-state index in [2.05, 4.69) is 5.32 Å². The maximum atomic E-state index is 12.3. The van der Waals surface area contributed by atoms with E-state index < -0.39 is 7.37 Å². The lowest BCUT2D eigenvalue weighted by atomic mass is 9.91. The quantitative estimate of drug-likeness (QED) is 0.475. The van der Waals surface area contributed by atoms with Gasteiger partial charge in [0.05, 0.1) is 10.0 Å². The molecule has 0 radical (unpaired) electrons. The fraction of sp³-hybridized carbons (Fsp3) is 0.647. The zero-order valence-electron chi connectivity index (χ0n) is 13.4. The van der Waals surface area contributed by atoms with Crippen LogP contribution in [0.1, 0.15) is 44.1 Å². The molecule has 1 aromatic carbocycles. The molecule has 1 unspecified atom stereocenters. The number of hydrogen-bond donors (Lipinski definition) is 2. The minimum absolute atomic E-state index is 0.415. The molecule has 6 heteroatoms. The average Bonchev–Trinajstić information content (AvgIpc) is 2.51. The molecule has 0 amide bonds. The topological polar surface area (TPSA) is 49.3 Å². The van der Waals surface area contributed by atoms with Gasteiger partial charge in [0.2, 0.25) is 7.37 Å². The molecule has 0 aliphatic heterocycles.